The van der Waals surface area contributed by atoms with Crippen molar-refractivity contribution in [3.63, 3.8) is 0 Å². The van der Waals surface area contributed by atoms with E-state index in [-0.39, 0.29) is 5.78 Å². The van der Waals surface area contributed by atoms with Crippen molar-refractivity contribution in [2.45, 2.75) is 26.2 Å². The highest BCUT2D eigenvalue weighted by Gasteiger charge is 2.19. The highest BCUT2D eigenvalue weighted by molar-refractivity contribution is 7.99. The second-order valence-electron chi connectivity index (χ2n) is 4.07. The number of Topliss-reactive ketones (excluding diaryl/α,β-unsaturated/α-hetero) is 1. The molecule has 0 aromatic carbocycles. The molecule has 1 aliphatic rings. The first-order valence-corrected chi connectivity index (χ1v) is 6.58. The van der Waals surface area contributed by atoms with Gasteiger partial charge in [0.15, 0.2) is 5.78 Å². The molecule has 2 rings (SSSR count). The van der Waals surface area contributed by atoms with Gasteiger partial charge in [-0.25, -0.2) is 0 Å². The molecule has 0 saturated carbocycles. The molecule has 1 saturated heterocycles. The Labute approximate surface area is 94.4 Å². The van der Waals surface area contributed by atoms with Crippen LogP contribution in [0.25, 0.3) is 0 Å². The molecule has 15 heavy (non-hydrogen) atoms. The summed E-state index contributed by atoms with van der Waals surface area (Å²) in [7, 11) is 0. The van der Waals surface area contributed by atoms with Gasteiger partial charge >= 0.3 is 0 Å². The van der Waals surface area contributed by atoms with Gasteiger partial charge in [0.1, 0.15) is 5.76 Å². The van der Waals surface area contributed by atoms with Crippen molar-refractivity contribution in [1.29, 1.82) is 0 Å². The standard InChI is InChI=1S/C12H16O2S/c1-9-11(2-5-14-9)12(13)8-10-3-6-15-7-4-10/h2,5,10H,3-4,6-8H2,1H3. The van der Waals surface area contributed by atoms with E-state index in [0.29, 0.717) is 12.3 Å². The van der Waals surface area contributed by atoms with Crippen molar-refractivity contribution >= 4 is 17.5 Å². The molecule has 2 nitrogen and oxygen atoms in total. The minimum Gasteiger partial charge on any atom is -0.469 e. The highest BCUT2D eigenvalue weighted by atomic mass is 32.2. The van der Waals surface area contributed by atoms with Crippen LogP contribution in [-0.4, -0.2) is 17.3 Å². The minimum absolute atomic E-state index is 0.248. The summed E-state index contributed by atoms with van der Waals surface area (Å²) in [5, 5.41) is 0. The van der Waals surface area contributed by atoms with Gasteiger partial charge in [-0.3, -0.25) is 4.79 Å². The topological polar surface area (TPSA) is 30.2 Å². The summed E-state index contributed by atoms with van der Waals surface area (Å²) in [4.78, 5) is 11.9. The van der Waals surface area contributed by atoms with Crippen LogP contribution in [0, 0.1) is 12.8 Å². The first-order valence-electron chi connectivity index (χ1n) is 5.42. The van der Waals surface area contributed by atoms with Crippen LogP contribution in [0.1, 0.15) is 35.4 Å². The van der Waals surface area contributed by atoms with E-state index in [1.807, 2.05) is 18.7 Å². The van der Waals surface area contributed by atoms with Gasteiger partial charge in [0.05, 0.1) is 11.8 Å². The Morgan fingerprint density at radius 2 is 2.27 bits per heavy atom. The lowest BCUT2D eigenvalue weighted by molar-refractivity contribution is 0.0957. The number of hydrogen-bond donors (Lipinski definition) is 0. The predicted octanol–water partition coefficient (Wildman–Crippen LogP) is 3.30. The first kappa shape index (κ1) is 10.8. The summed E-state index contributed by atoms with van der Waals surface area (Å²) in [6, 6.07) is 1.79. The largest absolute Gasteiger partial charge is 0.469 e. The van der Waals surface area contributed by atoms with Gasteiger partial charge in [0, 0.05) is 6.42 Å². The molecular weight excluding hydrogens is 208 g/mol. The average molecular weight is 224 g/mol. The fourth-order valence-electron chi connectivity index (χ4n) is 2.00. The third kappa shape index (κ3) is 2.65. The molecule has 82 valence electrons. The lowest BCUT2D eigenvalue weighted by Gasteiger charge is -2.20. The van der Waals surface area contributed by atoms with Crippen LogP contribution in [0.5, 0.6) is 0 Å². The van der Waals surface area contributed by atoms with Crippen molar-refractivity contribution in [3.05, 3.63) is 23.7 Å². The molecule has 1 aromatic heterocycles. The SMILES string of the molecule is Cc1occc1C(=O)CC1CCSCC1. The summed E-state index contributed by atoms with van der Waals surface area (Å²) >= 11 is 2.00. The van der Waals surface area contributed by atoms with E-state index < -0.39 is 0 Å². The van der Waals surface area contributed by atoms with E-state index in [1.165, 1.54) is 24.3 Å². The van der Waals surface area contributed by atoms with Crippen LogP contribution in [0.15, 0.2) is 16.7 Å². The molecule has 0 amide bonds. The molecule has 3 heteroatoms. The van der Waals surface area contributed by atoms with Gasteiger partial charge in [-0.2, -0.15) is 11.8 Å². The molecule has 0 bridgehead atoms. The summed E-state index contributed by atoms with van der Waals surface area (Å²) < 4.78 is 5.15. The van der Waals surface area contributed by atoms with Gasteiger partial charge in [-0.1, -0.05) is 0 Å². The normalized spacial score (nSPS) is 17.9. The summed E-state index contributed by atoms with van der Waals surface area (Å²) in [5.41, 5.74) is 0.772. The average Bonchev–Trinajstić information content (AvgIpc) is 2.66. The zero-order chi connectivity index (χ0) is 10.7. The Morgan fingerprint density at radius 1 is 1.53 bits per heavy atom. The van der Waals surface area contributed by atoms with Crippen LogP contribution in [0.2, 0.25) is 0 Å². The molecule has 2 heterocycles. The summed E-state index contributed by atoms with van der Waals surface area (Å²) in [5.74, 6) is 4.02. The van der Waals surface area contributed by atoms with Crippen LogP contribution in [0.3, 0.4) is 0 Å². The first-order chi connectivity index (χ1) is 7.27. The number of rotatable bonds is 3. The van der Waals surface area contributed by atoms with E-state index in [0.717, 1.165) is 11.3 Å². The summed E-state index contributed by atoms with van der Waals surface area (Å²) in [6.07, 6.45) is 4.67. The smallest absolute Gasteiger partial charge is 0.166 e. The zero-order valence-electron chi connectivity index (χ0n) is 8.99. The Balaban J connectivity index is 1.94. The molecule has 0 N–H and O–H groups in total. The maximum absolute atomic E-state index is 11.9. The van der Waals surface area contributed by atoms with Crippen molar-refractivity contribution in [1.82, 2.24) is 0 Å². The number of carbonyl (C=O) groups excluding carboxylic acids is 1. The number of carbonyl (C=O) groups is 1. The Kier molecular flexibility index (Phi) is 3.52. The lowest BCUT2D eigenvalue weighted by Crippen LogP contribution is -2.14. The molecule has 0 atom stereocenters. The number of aryl methyl sites for hydroxylation is 1. The van der Waals surface area contributed by atoms with Crippen molar-refractivity contribution < 1.29 is 9.21 Å². The zero-order valence-corrected chi connectivity index (χ0v) is 9.81. The molecule has 1 fully saturated rings. The maximum Gasteiger partial charge on any atom is 0.166 e. The fourth-order valence-corrected chi connectivity index (χ4v) is 3.20. The van der Waals surface area contributed by atoms with Gasteiger partial charge in [0.25, 0.3) is 0 Å². The van der Waals surface area contributed by atoms with Gasteiger partial charge in [-0.05, 0) is 43.3 Å². The van der Waals surface area contributed by atoms with Crippen LogP contribution in [0.4, 0.5) is 0 Å². The molecule has 1 aliphatic heterocycles. The lowest BCUT2D eigenvalue weighted by atomic mass is 9.94. The predicted molar refractivity (Wildman–Crippen MR) is 62.4 cm³/mol. The van der Waals surface area contributed by atoms with Crippen LogP contribution in [-0.2, 0) is 0 Å². The Bertz CT molecular complexity index is 337. The quantitative estimate of drug-likeness (QED) is 0.738. The fraction of sp³-hybridized carbons (Fsp3) is 0.583. The number of hydrogen-bond acceptors (Lipinski definition) is 3. The molecule has 1 aromatic rings. The van der Waals surface area contributed by atoms with E-state index in [2.05, 4.69) is 0 Å². The number of thioether (sulfide) groups is 1. The number of furan rings is 1. The van der Waals surface area contributed by atoms with Crippen molar-refractivity contribution in [2.24, 2.45) is 5.92 Å². The molecule has 0 aliphatic carbocycles. The van der Waals surface area contributed by atoms with Gasteiger partial charge in [0.2, 0.25) is 0 Å². The van der Waals surface area contributed by atoms with Crippen LogP contribution < -0.4 is 0 Å². The Morgan fingerprint density at radius 3 is 2.87 bits per heavy atom. The Hall–Kier alpha value is -0.700. The van der Waals surface area contributed by atoms with Crippen molar-refractivity contribution in [2.75, 3.05) is 11.5 Å². The van der Waals surface area contributed by atoms with Crippen molar-refractivity contribution in [3.8, 4) is 0 Å². The van der Waals surface area contributed by atoms with Gasteiger partial charge in [-0.15, -0.1) is 0 Å². The van der Waals surface area contributed by atoms with Crippen LogP contribution >= 0.6 is 11.8 Å². The molecule has 0 unspecified atom stereocenters. The summed E-state index contributed by atoms with van der Waals surface area (Å²) in [6.45, 7) is 1.85. The monoisotopic (exact) mass is 224 g/mol. The van der Waals surface area contributed by atoms with E-state index in [9.17, 15) is 4.79 Å². The molecule has 0 radical (unpaired) electrons. The maximum atomic E-state index is 11.9. The second kappa shape index (κ2) is 4.88. The van der Waals surface area contributed by atoms with E-state index in [1.54, 1.807) is 12.3 Å². The minimum atomic E-state index is 0.248. The van der Waals surface area contributed by atoms with Gasteiger partial charge < -0.3 is 4.42 Å². The van der Waals surface area contributed by atoms with E-state index >= 15 is 0 Å². The molecular formula is C12H16O2S. The molecule has 0 spiro atoms. The second-order valence-corrected chi connectivity index (χ2v) is 5.30. The number of ketones is 1. The third-order valence-electron chi connectivity index (χ3n) is 2.97. The van der Waals surface area contributed by atoms with E-state index in [4.69, 9.17) is 4.42 Å². The third-order valence-corrected chi connectivity index (χ3v) is 4.02. The highest BCUT2D eigenvalue weighted by Crippen LogP contribution is 2.27.